The lowest BCUT2D eigenvalue weighted by molar-refractivity contribution is 0.0257. The topological polar surface area (TPSA) is 76.2 Å². The van der Waals surface area contributed by atoms with Gasteiger partial charge in [-0.2, -0.15) is 0 Å². The second-order valence-corrected chi connectivity index (χ2v) is 11.8. The van der Waals surface area contributed by atoms with Crippen molar-refractivity contribution in [3.8, 4) is 16.9 Å². The van der Waals surface area contributed by atoms with E-state index in [1.54, 1.807) is 54.5 Å². The quantitative estimate of drug-likeness (QED) is 0.257. The van der Waals surface area contributed by atoms with Crippen molar-refractivity contribution in [3.05, 3.63) is 78.9 Å². The van der Waals surface area contributed by atoms with E-state index in [9.17, 15) is 13.2 Å². The standard InChI is InChI=1S/C30H38N2O5S/c1-6-31(29(33)37-30(2,3)4)21-13-14-22-32(38(34,35)26-17-11-8-12-18-26)28-20-19-25(36-5)23-27(28)24-15-9-7-10-16-24/h7-12,15-20,23H,6,13-14,21-22H2,1-5H3. The number of carbonyl (C=O) groups excluding carboxylic acids is 1. The van der Waals surface area contributed by atoms with Gasteiger partial charge in [-0.25, -0.2) is 13.2 Å². The van der Waals surface area contributed by atoms with E-state index in [-0.39, 0.29) is 17.5 Å². The molecule has 3 aromatic rings. The van der Waals surface area contributed by atoms with E-state index >= 15 is 0 Å². The van der Waals surface area contributed by atoms with Crippen molar-refractivity contribution in [1.29, 1.82) is 0 Å². The maximum atomic E-state index is 13.9. The van der Waals surface area contributed by atoms with E-state index in [1.165, 1.54) is 4.31 Å². The molecule has 1 amide bonds. The van der Waals surface area contributed by atoms with Gasteiger partial charge in [-0.1, -0.05) is 48.5 Å². The van der Waals surface area contributed by atoms with Crippen molar-refractivity contribution in [2.24, 2.45) is 0 Å². The van der Waals surface area contributed by atoms with Crippen LogP contribution in [0.2, 0.25) is 0 Å². The van der Waals surface area contributed by atoms with Gasteiger partial charge in [-0.3, -0.25) is 4.31 Å². The summed E-state index contributed by atoms with van der Waals surface area (Å²) in [5.74, 6) is 0.639. The van der Waals surface area contributed by atoms with E-state index in [2.05, 4.69) is 0 Å². The molecule has 38 heavy (non-hydrogen) atoms. The first-order valence-electron chi connectivity index (χ1n) is 12.9. The zero-order chi connectivity index (χ0) is 27.8. The largest absolute Gasteiger partial charge is 0.497 e. The third kappa shape index (κ3) is 7.51. The fourth-order valence-electron chi connectivity index (χ4n) is 4.06. The van der Waals surface area contributed by atoms with Crippen LogP contribution in [0.5, 0.6) is 5.75 Å². The fourth-order valence-corrected chi connectivity index (χ4v) is 5.60. The molecule has 0 bridgehead atoms. The van der Waals surface area contributed by atoms with Crippen LogP contribution in [0.1, 0.15) is 40.5 Å². The van der Waals surface area contributed by atoms with Crippen LogP contribution >= 0.6 is 0 Å². The van der Waals surface area contributed by atoms with Gasteiger partial charge in [0.2, 0.25) is 0 Å². The third-order valence-electron chi connectivity index (χ3n) is 5.96. The number of rotatable bonds is 11. The van der Waals surface area contributed by atoms with Crippen LogP contribution in [-0.4, -0.2) is 51.8 Å². The maximum absolute atomic E-state index is 13.9. The first-order valence-corrected chi connectivity index (χ1v) is 14.3. The number of ether oxygens (including phenoxy) is 2. The lowest BCUT2D eigenvalue weighted by atomic mass is 10.0. The molecular weight excluding hydrogens is 500 g/mol. The van der Waals surface area contributed by atoms with Crippen LogP contribution in [0.25, 0.3) is 11.1 Å². The Morgan fingerprint density at radius 1 is 0.868 bits per heavy atom. The number of hydrogen-bond donors (Lipinski definition) is 0. The smallest absolute Gasteiger partial charge is 0.410 e. The molecule has 3 aromatic carbocycles. The molecule has 0 saturated heterocycles. The van der Waals surface area contributed by atoms with Gasteiger partial charge in [0.25, 0.3) is 10.0 Å². The molecule has 204 valence electrons. The summed E-state index contributed by atoms with van der Waals surface area (Å²) in [6.07, 6.45) is 0.798. The number of carbonyl (C=O) groups is 1. The Morgan fingerprint density at radius 2 is 1.47 bits per heavy atom. The van der Waals surface area contributed by atoms with Crippen molar-refractivity contribution < 1.29 is 22.7 Å². The molecule has 3 rings (SSSR count). The van der Waals surface area contributed by atoms with Gasteiger partial charge < -0.3 is 14.4 Å². The zero-order valence-electron chi connectivity index (χ0n) is 22.9. The van der Waals surface area contributed by atoms with Crippen LogP contribution in [0.4, 0.5) is 10.5 Å². The summed E-state index contributed by atoms with van der Waals surface area (Å²) in [5.41, 5.74) is 1.64. The highest BCUT2D eigenvalue weighted by atomic mass is 32.2. The van der Waals surface area contributed by atoms with Crippen molar-refractivity contribution >= 4 is 21.8 Å². The van der Waals surface area contributed by atoms with Gasteiger partial charge >= 0.3 is 6.09 Å². The van der Waals surface area contributed by atoms with Crippen molar-refractivity contribution in [1.82, 2.24) is 4.90 Å². The third-order valence-corrected chi connectivity index (χ3v) is 7.79. The first-order chi connectivity index (χ1) is 18.1. The van der Waals surface area contributed by atoms with Gasteiger partial charge in [-0.15, -0.1) is 0 Å². The number of hydrogen-bond acceptors (Lipinski definition) is 5. The molecule has 7 nitrogen and oxygen atoms in total. The van der Waals surface area contributed by atoms with Crippen molar-refractivity contribution in [2.75, 3.05) is 31.0 Å². The molecule has 0 spiro atoms. The Balaban J connectivity index is 1.92. The second kappa shape index (κ2) is 12.8. The number of amides is 1. The minimum absolute atomic E-state index is 0.221. The lowest BCUT2D eigenvalue weighted by Crippen LogP contribution is -2.38. The van der Waals surface area contributed by atoms with Gasteiger partial charge in [0, 0.05) is 25.2 Å². The molecule has 0 aliphatic heterocycles. The number of sulfonamides is 1. The van der Waals surface area contributed by atoms with Gasteiger partial charge in [0.05, 0.1) is 17.7 Å². The SMILES string of the molecule is CCN(CCCCN(c1ccc(OC)cc1-c1ccccc1)S(=O)(=O)c1ccccc1)C(=O)OC(C)(C)C. The van der Waals surface area contributed by atoms with Crippen molar-refractivity contribution in [2.45, 2.75) is 51.0 Å². The first kappa shape index (κ1) is 29.0. The minimum atomic E-state index is -3.86. The van der Waals surface area contributed by atoms with E-state index in [0.29, 0.717) is 37.4 Å². The van der Waals surface area contributed by atoms with Crippen molar-refractivity contribution in [3.63, 3.8) is 0 Å². The molecule has 0 N–H and O–H groups in total. The molecular formula is C30H38N2O5S. The van der Waals surface area contributed by atoms with Gasteiger partial charge in [0.15, 0.2) is 0 Å². The summed E-state index contributed by atoms with van der Waals surface area (Å²) in [7, 11) is -2.27. The maximum Gasteiger partial charge on any atom is 0.410 e. The summed E-state index contributed by atoms with van der Waals surface area (Å²) in [4.78, 5) is 14.4. The molecule has 0 unspecified atom stereocenters. The van der Waals surface area contributed by atoms with Gasteiger partial charge in [-0.05, 0) is 76.4 Å². The van der Waals surface area contributed by atoms with Crippen LogP contribution in [0, 0.1) is 0 Å². The molecule has 0 aliphatic rings. The predicted octanol–water partition coefficient (Wildman–Crippen LogP) is 6.59. The number of anilines is 1. The Hall–Kier alpha value is -3.52. The summed E-state index contributed by atoms with van der Waals surface area (Å²) in [6, 6.07) is 23.5. The number of nitrogens with zero attached hydrogens (tertiary/aromatic N) is 2. The summed E-state index contributed by atoms with van der Waals surface area (Å²) in [6.45, 7) is 8.64. The monoisotopic (exact) mass is 538 g/mol. The molecule has 0 heterocycles. The van der Waals surface area contributed by atoms with Crippen LogP contribution in [-0.2, 0) is 14.8 Å². The molecule has 0 radical (unpaired) electrons. The van der Waals surface area contributed by atoms with Crippen LogP contribution in [0.3, 0.4) is 0 Å². The van der Waals surface area contributed by atoms with E-state index in [1.807, 2.05) is 64.1 Å². The zero-order valence-corrected chi connectivity index (χ0v) is 23.7. The second-order valence-electron chi connectivity index (χ2n) is 9.91. The van der Waals surface area contributed by atoms with Crippen LogP contribution in [0.15, 0.2) is 83.8 Å². The number of methoxy groups -OCH3 is 1. The predicted molar refractivity (Wildman–Crippen MR) is 152 cm³/mol. The Bertz CT molecular complexity index is 1290. The normalized spacial score (nSPS) is 11.6. The average molecular weight is 539 g/mol. The molecule has 0 saturated carbocycles. The summed E-state index contributed by atoms with van der Waals surface area (Å²) in [5, 5.41) is 0. The number of benzene rings is 3. The van der Waals surface area contributed by atoms with E-state index in [4.69, 9.17) is 9.47 Å². The highest BCUT2D eigenvalue weighted by molar-refractivity contribution is 7.92. The molecule has 0 atom stereocenters. The number of unbranched alkanes of at least 4 members (excludes halogenated alkanes) is 1. The van der Waals surface area contributed by atoms with Gasteiger partial charge in [0.1, 0.15) is 11.4 Å². The Labute approximate surface area is 227 Å². The highest BCUT2D eigenvalue weighted by Gasteiger charge is 2.27. The fraction of sp³-hybridized carbons (Fsp3) is 0.367. The molecule has 0 aromatic heterocycles. The Morgan fingerprint density at radius 3 is 2.05 bits per heavy atom. The van der Waals surface area contributed by atoms with Crippen LogP contribution < -0.4 is 9.04 Å². The van der Waals surface area contributed by atoms with E-state index in [0.717, 1.165) is 11.1 Å². The lowest BCUT2D eigenvalue weighted by Gasteiger charge is -2.28. The minimum Gasteiger partial charge on any atom is -0.497 e. The highest BCUT2D eigenvalue weighted by Crippen LogP contribution is 2.37. The molecule has 0 aliphatic carbocycles. The molecule has 0 fully saturated rings. The summed E-state index contributed by atoms with van der Waals surface area (Å²) >= 11 is 0. The summed E-state index contributed by atoms with van der Waals surface area (Å²) < 4.78 is 40.3. The Kier molecular flexibility index (Phi) is 9.80. The van der Waals surface area contributed by atoms with E-state index < -0.39 is 15.6 Å². The average Bonchev–Trinajstić information content (AvgIpc) is 2.90. The molecule has 8 heteroatoms.